The Labute approximate surface area is 158 Å². The molecule has 1 aromatic rings. The SMILES string of the molecule is Cl.NCC1(C(=O)N2CCN(C(=O)c3ccc(F)cc3)CC2)CCOCC1. The fraction of sp³-hybridized carbons (Fsp3) is 0.556. The Morgan fingerprint density at radius 1 is 1.04 bits per heavy atom. The van der Waals surface area contributed by atoms with E-state index in [2.05, 4.69) is 0 Å². The molecule has 0 aliphatic carbocycles. The molecule has 0 bridgehead atoms. The average molecular weight is 386 g/mol. The second-order valence-corrected chi connectivity index (χ2v) is 6.69. The van der Waals surface area contributed by atoms with Crippen molar-refractivity contribution >= 4 is 24.2 Å². The van der Waals surface area contributed by atoms with Gasteiger partial charge in [-0.05, 0) is 37.1 Å². The van der Waals surface area contributed by atoms with E-state index in [1.165, 1.54) is 24.3 Å². The molecule has 0 spiro atoms. The van der Waals surface area contributed by atoms with Gasteiger partial charge in [0.15, 0.2) is 0 Å². The van der Waals surface area contributed by atoms with Crippen molar-refractivity contribution in [3.05, 3.63) is 35.6 Å². The van der Waals surface area contributed by atoms with Gasteiger partial charge in [0, 0.05) is 51.5 Å². The molecule has 2 aliphatic heterocycles. The summed E-state index contributed by atoms with van der Waals surface area (Å²) >= 11 is 0. The number of halogens is 2. The first-order chi connectivity index (χ1) is 12.1. The number of amides is 2. The number of hydrogen-bond acceptors (Lipinski definition) is 4. The number of carbonyl (C=O) groups is 2. The molecular formula is C18H25ClFN3O3. The van der Waals surface area contributed by atoms with E-state index in [9.17, 15) is 14.0 Å². The summed E-state index contributed by atoms with van der Waals surface area (Å²) in [7, 11) is 0. The van der Waals surface area contributed by atoms with Crippen LogP contribution in [0.1, 0.15) is 23.2 Å². The number of hydrogen-bond donors (Lipinski definition) is 1. The lowest BCUT2D eigenvalue weighted by atomic mass is 9.78. The second kappa shape index (κ2) is 8.79. The molecule has 0 radical (unpaired) electrons. The van der Waals surface area contributed by atoms with Gasteiger partial charge in [-0.3, -0.25) is 9.59 Å². The van der Waals surface area contributed by atoms with Gasteiger partial charge in [-0.25, -0.2) is 4.39 Å². The van der Waals surface area contributed by atoms with Crippen molar-refractivity contribution in [2.45, 2.75) is 12.8 Å². The highest BCUT2D eigenvalue weighted by Gasteiger charge is 2.42. The number of benzene rings is 1. The molecule has 8 heteroatoms. The van der Waals surface area contributed by atoms with Crippen molar-refractivity contribution in [2.24, 2.45) is 11.1 Å². The molecule has 6 nitrogen and oxygen atoms in total. The minimum Gasteiger partial charge on any atom is -0.381 e. The highest BCUT2D eigenvalue weighted by Crippen LogP contribution is 2.32. The molecule has 0 aromatic heterocycles. The Morgan fingerprint density at radius 3 is 2.12 bits per heavy atom. The molecule has 2 aliphatic rings. The summed E-state index contributed by atoms with van der Waals surface area (Å²) in [5.41, 5.74) is 5.85. The van der Waals surface area contributed by atoms with Crippen LogP contribution in [-0.2, 0) is 9.53 Å². The standard InChI is InChI=1S/C18H24FN3O3.ClH/c19-15-3-1-14(2-4-15)16(23)21-7-9-22(10-8-21)17(24)18(13-20)5-11-25-12-6-18;/h1-4H,5-13,20H2;1H. The normalized spacial score (nSPS) is 19.6. The maximum Gasteiger partial charge on any atom is 0.253 e. The third kappa shape index (κ3) is 4.16. The average Bonchev–Trinajstić information content (AvgIpc) is 2.68. The van der Waals surface area contributed by atoms with Gasteiger partial charge < -0.3 is 20.3 Å². The van der Waals surface area contributed by atoms with Gasteiger partial charge in [0.25, 0.3) is 5.91 Å². The zero-order valence-electron chi connectivity index (χ0n) is 14.7. The summed E-state index contributed by atoms with van der Waals surface area (Å²) in [6.45, 7) is 3.38. The van der Waals surface area contributed by atoms with Crippen LogP contribution in [0.5, 0.6) is 0 Å². The molecule has 1 aromatic carbocycles. The van der Waals surface area contributed by atoms with Crippen LogP contribution >= 0.6 is 12.4 Å². The quantitative estimate of drug-likeness (QED) is 0.850. The number of rotatable bonds is 3. The predicted molar refractivity (Wildman–Crippen MR) is 97.7 cm³/mol. The van der Waals surface area contributed by atoms with Crippen LogP contribution in [0.15, 0.2) is 24.3 Å². The van der Waals surface area contributed by atoms with E-state index < -0.39 is 5.41 Å². The predicted octanol–water partition coefficient (Wildman–Crippen LogP) is 1.29. The zero-order chi connectivity index (χ0) is 17.9. The fourth-order valence-corrected chi connectivity index (χ4v) is 3.49. The minimum absolute atomic E-state index is 0. The molecule has 144 valence electrons. The highest BCUT2D eigenvalue weighted by atomic mass is 35.5. The Kier molecular flexibility index (Phi) is 6.97. The maximum absolute atomic E-state index is 13.0. The molecule has 2 N–H and O–H groups in total. The van der Waals surface area contributed by atoms with Gasteiger partial charge >= 0.3 is 0 Å². The van der Waals surface area contributed by atoms with Gasteiger partial charge in [-0.15, -0.1) is 12.4 Å². The van der Waals surface area contributed by atoms with Crippen molar-refractivity contribution in [3.8, 4) is 0 Å². The minimum atomic E-state index is -0.526. The van der Waals surface area contributed by atoms with Gasteiger partial charge in [0.05, 0.1) is 5.41 Å². The molecule has 2 amide bonds. The first-order valence-electron chi connectivity index (χ1n) is 8.68. The summed E-state index contributed by atoms with van der Waals surface area (Å²) in [5, 5.41) is 0. The molecule has 0 unspecified atom stereocenters. The second-order valence-electron chi connectivity index (χ2n) is 6.69. The van der Waals surface area contributed by atoms with E-state index in [0.29, 0.717) is 64.3 Å². The van der Waals surface area contributed by atoms with E-state index in [-0.39, 0.29) is 30.0 Å². The topological polar surface area (TPSA) is 75.9 Å². The molecular weight excluding hydrogens is 361 g/mol. The molecule has 0 atom stereocenters. The molecule has 3 rings (SSSR count). The van der Waals surface area contributed by atoms with Crippen molar-refractivity contribution < 1.29 is 18.7 Å². The number of nitrogens with two attached hydrogens (primary N) is 1. The van der Waals surface area contributed by atoms with E-state index in [4.69, 9.17) is 10.5 Å². The van der Waals surface area contributed by atoms with Gasteiger partial charge in [0.1, 0.15) is 5.82 Å². The molecule has 0 saturated carbocycles. The maximum atomic E-state index is 13.0. The van der Waals surface area contributed by atoms with Crippen molar-refractivity contribution in [1.29, 1.82) is 0 Å². The summed E-state index contributed by atoms with van der Waals surface area (Å²) in [5.74, 6) is -0.422. The van der Waals surface area contributed by atoms with Crippen molar-refractivity contribution in [2.75, 3.05) is 45.9 Å². The lowest BCUT2D eigenvalue weighted by molar-refractivity contribution is -0.148. The van der Waals surface area contributed by atoms with Gasteiger partial charge in [-0.2, -0.15) is 0 Å². The van der Waals surface area contributed by atoms with Crippen LogP contribution in [0.4, 0.5) is 4.39 Å². The number of nitrogens with zero attached hydrogens (tertiary/aromatic N) is 2. The van der Waals surface area contributed by atoms with Crippen LogP contribution in [0.3, 0.4) is 0 Å². The van der Waals surface area contributed by atoms with Crippen LogP contribution in [0, 0.1) is 11.2 Å². The van der Waals surface area contributed by atoms with Crippen molar-refractivity contribution in [1.82, 2.24) is 9.80 Å². The largest absolute Gasteiger partial charge is 0.381 e. The first kappa shape index (κ1) is 20.6. The third-order valence-electron chi connectivity index (χ3n) is 5.24. The number of piperazine rings is 1. The van der Waals surface area contributed by atoms with E-state index >= 15 is 0 Å². The smallest absolute Gasteiger partial charge is 0.253 e. The first-order valence-corrected chi connectivity index (χ1v) is 8.68. The Balaban J connectivity index is 0.00000243. The number of ether oxygens (including phenoxy) is 1. The van der Waals surface area contributed by atoms with Crippen LogP contribution in [-0.4, -0.2) is 67.6 Å². The Morgan fingerprint density at radius 2 is 1.58 bits per heavy atom. The van der Waals surface area contributed by atoms with Crippen LogP contribution in [0.25, 0.3) is 0 Å². The summed E-state index contributed by atoms with van der Waals surface area (Å²) < 4.78 is 18.4. The Hall–Kier alpha value is -1.70. The molecule has 2 heterocycles. The third-order valence-corrected chi connectivity index (χ3v) is 5.24. The van der Waals surface area contributed by atoms with Gasteiger partial charge in [-0.1, -0.05) is 0 Å². The summed E-state index contributed by atoms with van der Waals surface area (Å²) in [4.78, 5) is 28.9. The molecule has 26 heavy (non-hydrogen) atoms. The molecule has 2 saturated heterocycles. The van der Waals surface area contributed by atoms with E-state index in [0.717, 1.165) is 0 Å². The van der Waals surface area contributed by atoms with Gasteiger partial charge in [0.2, 0.25) is 5.91 Å². The monoisotopic (exact) mass is 385 g/mol. The van der Waals surface area contributed by atoms with Crippen LogP contribution < -0.4 is 5.73 Å². The lowest BCUT2D eigenvalue weighted by Gasteiger charge is -2.42. The van der Waals surface area contributed by atoms with Crippen LogP contribution in [0.2, 0.25) is 0 Å². The zero-order valence-corrected chi connectivity index (χ0v) is 15.5. The van der Waals surface area contributed by atoms with E-state index in [1.54, 1.807) is 4.90 Å². The Bertz CT molecular complexity index is 627. The lowest BCUT2D eigenvalue weighted by Crippen LogP contribution is -2.57. The summed E-state index contributed by atoms with van der Waals surface area (Å²) in [6.07, 6.45) is 1.30. The number of carbonyl (C=O) groups excluding carboxylic acids is 2. The molecule has 2 fully saturated rings. The van der Waals surface area contributed by atoms with Crippen molar-refractivity contribution in [3.63, 3.8) is 0 Å². The summed E-state index contributed by atoms with van der Waals surface area (Å²) in [6, 6.07) is 5.54. The highest BCUT2D eigenvalue weighted by molar-refractivity contribution is 5.94. The fourth-order valence-electron chi connectivity index (χ4n) is 3.49. The van der Waals surface area contributed by atoms with E-state index in [1.807, 2.05) is 4.90 Å².